The van der Waals surface area contributed by atoms with Crippen LogP contribution >= 0.6 is 23.1 Å². The van der Waals surface area contributed by atoms with Gasteiger partial charge in [-0.15, -0.1) is 17.9 Å². The van der Waals surface area contributed by atoms with Gasteiger partial charge in [-0.25, -0.2) is 4.98 Å². The highest BCUT2D eigenvalue weighted by atomic mass is 32.2. The Balaban J connectivity index is 2.01. The highest BCUT2D eigenvalue weighted by Gasteiger charge is 2.25. The summed E-state index contributed by atoms with van der Waals surface area (Å²) in [5.74, 6) is -0.0579. The van der Waals surface area contributed by atoms with E-state index in [4.69, 9.17) is 4.98 Å². The summed E-state index contributed by atoms with van der Waals surface area (Å²) < 4.78 is 1.66. The minimum atomic E-state index is -0.348. The second kappa shape index (κ2) is 7.80. The van der Waals surface area contributed by atoms with E-state index in [0.29, 0.717) is 11.7 Å². The van der Waals surface area contributed by atoms with Crippen molar-refractivity contribution in [3.05, 3.63) is 33.4 Å². The number of rotatable bonds is 5. The first-order chi connectivity index (χ1) is 12.7. The van der Waals surface area contributed by atoms with Gasteiger partial charge in [0.2, 0.25) is 5.91 Å². The lowest BCUT2D eigenvalue weighted by atomic mass is 9.97. The van der Waals surface area contributed by atoms with Gasteiger partial charge in [0.1, 0.15) is 4.83 Å². The molecule has 3 rings (SSSR count). The molecule has 7 heteroatoms. The summed E-state index contributed by atoms with van der Waals surface area (Å²) in [5.41, 5.74) is 0.883. The van der Waals surface area contributed by atoms with E-state index in [1.807, 2.05) is 27.7 Å². The second-order valence-corrected chi connectivity index (χ2v) is 10.4. The van der Waals surface area contributed by atoms with Crippen LogP contribution in [0.15, 0.2) is 22.6 Å². The molecule has 0 aliphatic heterocycles. The van der Waals surface area contributed by atoms with Gasteiger partial charge in [0, 0.05) is 17.0 Å². The van der Waals surface area contributed by atoms with E-state index in [-0.39, 0.29) is 22.3 Å². The molecule has 0 unspecified atom stereocenters. The zero-order valence-electron chi connectivity index (χ0n) is 16.4. The molecule has 0 bridgehead atoms. The Labute approximate surface area is 168 Å². The Morgan fingerprint density at radius 3 is 2.78 bits per heavy atom. The number of hydrogen-bond acceptors (Lipinski definition) is 5. The van der Waals surface area contributed by atoms with Crippen molar-refractivity contribution in [3.63, 3.8) is 0 Å². The molecule has 0 fully saturated rings. The van der Waals surface area contributed by atoms with E-state index in [9.17, 15) is 9.59 Å². The van der Waals surface area contributed by atoms with E-state index in [1.54, 1.807) is 22.0 Å². The molecule has 1 aliphatic carbocycles. The summed E-state index contributed by atoms with van der Waals surface area (Å²) >= 11 is 2.97. The van der Waals surface area contributed by atoms with Crippen molar-refractivity contribution in [2.24, 2.45) is 0 Å². The number of aromatic nitrogens is 2. The first-order valence-corrected chi connectivity index (χ1v) is 11.1. The van der Waals surface area contributed by atoms with Crippen molar-refractivity contribution in [3.8, 4) is 0 Å². The van der Waals surface area contributed by atoms with E-state index in [2.05, 4.69) is 11.9 Å². The molecule has 146 valence electrons. The number of amides is 1. The Kier molecular flexibility index (Phi) is 5.82. The maximum absolute atomic E-state index is 13.2. The van der Waals surface area contributed by atoms with Crippen LogP contribution in [-0.2, 0) is 24.2 Å². The first kappa shape index (κ1) is 20.1. The fourth-order valence-electron chi connectivity index (χ4n) is 3.28. The number of nitrogens with one attached hydrogen (secondary N) is 1. The molecule has 0 saturated heterocycles. The van der Waals surface area contributed by atoms with Crippen molar-refractivity contribution >= 4 is 39.2 Å². The van der Waals surface area contributed by atoms with Crippen LogP contribution in [0, 0.1) is 0 Å². The molecule has 1 aliphatic rings. The standard InChI is InChI=1S/C20H27N3O2S2/c1-6-11-23-18(25)15-13-9-7-8-10-14(13)27-17(15)21-19(23)26-12(2)16(24)22-20(3,4)5/h6,12H,1,7-11H2,2-5H3,(H,22,24)/t12-/m1/s1. The third kappa shape index (κ3) is 4.29. The zero-order chi connectivity index (χ0) is 19.8. The summed E-state index contributed by atoms with van der Waals surface area (Å²) in [6.07, 6.45) is 5.99. The Morgan fingerprint density at radius 2 is 2.11 bits per heavy atom. The molecular formula is C20H27N3O2S2. The monoisotopic (exact) mass is 405 g/mol. The summed E-state index contributed by atoms with van der Waals surface area (Å²) in [4.78, 5) is 32.6. The van der Waals surface area contributed by atoms with Crippen molar-refractivity contribution < 1.29 is 4.79 Å². The second-order valence-electron chi connectivity index (χ2n) is 7.99. The van der Waals surface area contributed by atoms with Gasteiger partial charge in [0.05, 0.1) is 10.6 Å². The topological polar surface area (TPSA) is 64.0 Å². The Bertz CT molecular complexity index is 937. The largest absolute Gasteiger partial charge is 0.351 e. The predicted molar refractivity (Wildman–Crippen MR) is 114 cm³/mol. The van der Waals surface area contributed by atoms with Crippen LogP contribution in [-0.4, -0.2) is 26.2 Å². The quantitative estimate of drug-likeness (QED) is 0.465. The lowest BCUT2D eigenvalue weighted by Crippen LogP contribution is -2.44. The van der Waals surface area contributed by atoms with Crippen molar-refractivity contribution in [2.75, 3.05) is 0 Å². The molecule has 2 aromatic rings. The van der Waals surface area contributed by atoms with Gasteiger partial charge >= 0.3 is 0 Å². The van der Waals surface area contributed by atoms with Crippen molar-refractivity contribution in [1.29, 1.82) is 0 Å². The van der Waals surface area contributed by atoms with Crippen LogP contribution in [0.25, 0.3) is 10.2 Å². The summed E-state index contributed by atoms with van der Waals surface area (Å²) in [6, 6.07) is 0. The number of aryl methyl sites for hydroxylation is 2. The van der Waals surface area contributed by atoms with Gasteiger partial charge in [-0.05, 0) is 58.9 Å². The molecule has 0 spiro atoms. The number of thioether (sulfide) groups is 1. The van der Waals surface area contributed by atoms with Crippen LogP contribution < -0.4 is 10.9 Å². The van der Waals surface area contributed by atoms with Crippen LogP contribution in [0.4, 0.5) is 0 Å². The number of thiophene rings is 1. The number of fused-ring (bicyclic) bond motifs is 3. The van der Waals surface area contributed by atoms with Gasteiger partial charge in [0.25, 0.3) is 5.56 Å². The minimum Gasteiger partial charge on any atom is -0.351 e. The molecular weight excluding hydrogens is 378 g/mol. The molecule has 2 aromatic heterocycles. The van der Waals surface area contributed by atoms with Crippen LogP contribution in [0.5, 0.6) is 0 Å². The number of hydrogen-bond donors (Lipinski definition) is 1. The average Bonchev–Trinajstić information content (AvgIpc) is 2.95. The molecule has 0 aromatic carbocycles. The number of carbonyl (C=O) groups excluding carboxylic acids is 1. The van der Waals surface area contributed by atoms with Gasteiger partial charge in [-0.2, -0.15) is 0 Å². The molecule has 1 atom stereocenters. The fourth-order valence-corrected chi connectivity index (χ4v) is 5.50. The summed E-state index contributed by atoms with van der Waals surface area (Å²) in [5, 5.41) is 4.00. The molecule has 0 radical (unpaired) electrons. The van der Waals surface area contributed by atoms with Gasteiger partial charge in [-0.1, -0.05) is 17.8 Å². The lowest BCUT2D eigenvalue weighted by molar-refractivity contribution is -0.121. The smallest absolute Gasteiger partial charge is 0.263 e. The third-order valence-electron chi connectivity index (χ3n) is 4.50. The fraction of sp³-hybridized carbons (Fsp3) is 0.550. The number of allylic oxidation sites excluding steroid dienone is 1. The Hall–Kier alpha value is -1.60. The van der Waals surface area contributed by atoms with E-state index >= 15 is 0 Å². The molecule has 5 nitrogen and oxygen atoms in total. The predicted octanol–water partition coefficient (Wildman–Crippen LogP) is 3.92. The average molecular weight is 406 g/mol. The molecule has 0 saturated carbocycles. The zero-order valence-corrected chi connectivity index (χ0v) is 18.1. The number of nitrogens with zero attached hydrogens (tertiary/aromatic N) is 2. The van der Waals surface area contributed by atoms with Crippen LogP contribution in [0.2, 0.25) is 0 Å². The summed E-state index contributed by atoms with van der Waals surface area (Å²) in [7, 11) is 0. The van der Waals surface area contributed by atoms with Gasteiger partial charge in [-0.3, -0.25) is 14.2 Å². The molecule has 1 N–H and O–H groups in total. The highest BCUT2D eigenvalue weighted by Crippen LogP contribution is 2.35. The van der Waals surface area contributed by atoms with E-state index < -0.39 is 0 Å². The maximum atomic E-state index is 13.2. The Morgan fingerprint density at radius 1 is 1.41 bits per heavy atom. The summed E-state index contributed by atoms with van der Waals surface area (Å²) in [6.45, 7) is 11.9. The van der Waals surface area contributed by atoms with Gasteiger partial charge < -0.3 is 5.32 Å². The van der Waals surface area contributed by atoms with Gasteiger partial charge in [0.15, 0.2) is 5.16 Å². The minimum absolute atomic E-state index is 0.00905. The first-order valence-electron chi connectivity index (χ1n) is 9.36. The van der Waals surface area contributed by atoms with Crippen LogP contribution in [0.1, 0.15) is 51.0 Å². The van der Waals surface area contributed by atoms with E-state index in [1.165, 1.54) is 28.6 Å². The van der Waals surface area contributed by atoms with E-state index in [0.717, 1.165) is 29.5 Å². The highest BCUT2D eigenvalue weighted by molar-refractivity contribution is 8.00. The SMILES string of the molecule is C=CCn1c(S[C@H](C)C(=O)NC(C)(C)C)nc2sc3c(c2c1=O)CCCC3. The lowest BCUT2D eigenvalue weighted by Gasteiger charge is -2.23. The molecule has 27 heavy (non-hydrogen) atoms. The molecule has 1 amide bonds. The van der Waals surface area contributed by atoms with Crippen molar-refractivity contribution in [2.45, 2.75) is 75.9 Å². The van der Waals surface area contributed by atoms with Crippen LogP contribution in [0.3, 0.4) is 0 Å². The maximum Gasteiger partial charge on any atom is 0.263 e. The van der Waals surface area contributed by atoms with Crippen molar-refractivity contribution in [1.82, 2.24) is 14.9 Å². The molecule has 2 heterocycles. The normalized spacial score (nSPS) is 15.4. The third-order valence-corrected chi connectivity index (χ3v) is 6.78. The number of carbonyl (C=O) groups is 1.